The zero-order chi connectivity index (χ0) is 18.7. The first kappa shape index (κ1) is 18.0. The predicted octanol–water partition coefficient (Wildman–Crippen LogP) is 5.06. The number of aromatic nitrogens is 2. The first-order chi connectivity index (χ1) is 12.4. The van der Waals surface area contributed by atoms with Crippen LogP contribution < -0.4 is 10.6 Å². The number of anilines is 3. The molecule has 0 spiro atoms. The van der Waals surface area contributed by atoms with Gasteiger partial charge in [-0.25, -0.2) is 18.7 Å². The van der Waals surface area contributed by atoms with Gasteiger partial charge in [0.25, 0.3) is 5.91 Å². The van der Waals surface area contributed by atoms with E-state index in [1.165, 1.54) is 18.5 Å². The molecule has 2 aromatic carbocycles. The minimum atomic E-state index is -1.06. The number of carbonyl (C=O) groups is 1. The van der Waals surface area contributed by atoms with E-state index < -0.39 is 17.5 Å². The maximum absolute atomic E-state index is 13.2. The molecule has 0 saturated carbocycles. The van der Waals surface area contributed by atoms with Gasteiger partial charge in [0.2, 0.25) is 0 Å². The van der Waals surface area contributed by atoms with Gasteiger partial charge in [-0.05, 0) is 30.3 Å². The summed E-state index contributed by atoms with van der Waals surface area (Å²) in [5.41, 5.74) is 0.678. The Morgan fingerprint density at radius 1 is 0.962 bits per heavy atom. The Morgan fingerprint density at radius 2 is 1.77 bits per heavy atom. The maximum Gasteiger partial charge on any atom is 0.275 e. The van der Waals surface area contributed by atoms with Crippen LogP contribution >= 0.6 is 23.2 Å². The largest absolute Gasteiger partial charge is 0.338 e. The molecule has 0 aliphatic carbocycles. The van der Waals surface area contributed by atoms with Crippen LogP contribution in [0.15, 0.2) is 48.8 Å². The lowest BCUT2D eigenvalue weighted by Gasteiger charge is -2.08. The molecule has 5 nitrogen and oxygen atoms in total. The van der Waals surface area contributed by atoms with Gasteiger partial charge in [-0.2, -0.15) is 0 Å². The van der Waals surface area contributed by atoms with Crippen LogP contribution in [-0.2, 0) is 0 Å². The summed E-state index contributed by atoms with van der Waals surface area (Å²) >= 11 is 11.9. The van der Waals surface area contributed by atoms with Gasteiger partial charge < -0.3 is 10.6 Å². The summed E-state index contributed by atoms with van der Waals surface area (Å²) in [5, 5.41) is 6.25. The number of nitrogens with one attached hydrogen (secondary N) is 2. The number of halogens is 4. The SMILES string of the molecule is O=C(Nc1ccc(F)c(F)c1)c1cnc(Nc2ccc(Cl)cc2Cl)cn1. The molecule has 9 heteroatoms. The first-order valence-corrected chi connectivity index (χ1v) is 7.98. The fraction of sp³-hybridized carbons (Fsp3) is 0. The lowest BCUT2D eigenvalue weighted by Crippen LogP contribution is -2.14. The van der Waals surface area contributed by atoms with E-state index in [1.54, 1.807) is 18.2 Å². The second-order valence-electron chi connectivity index (χ2n) is 5.12. The molecule has 3 rings (SSSR count). The third kappa shape index (κ3) is 4.25. The molecule has 0 bridgehead atoms. The number of nitrogens with zero attached hydrogens (tertiary/aromatic N) is 2. The van der Waals surface area contributed by atoms with Crippen molar-refractivity contribution in [2.24, 2.45) is 0 Å². The van der Waals surface area contributed by atoms with Crippen molar-refractivity contribution in [3.05, 3.63) is 76.2 Å². The van der Waals surface area contributed by atoms with Crippen LogP contribution in [0.1, 0.15) is 10.5 Å². The summed E-state index contributed by atoms with van der Waals surface area (Å²) in [6.45, 7) is 0. The molecule has 0 saturated heterocycles. The third-order valence-electron chi connectivity index (χ3n) is 3.26. The predicted molar refractivity (Wildman–Crippen MR) is 96.1 cm³/mol. The molecule has 26 heavy (non-hydrogen) atoms. The van der Waals surface area contributed by atoms with Crippen molar-refractivity contribution >= 4 is 46.3 Å². The highest BCUT2D eigenvalue weighted by atomic mass is 35.5. The van der Waals surface area contributed by atoms with Gasteiger partial charge in [0.15, 0.2) is 11.6 Å². The van der Waals surface area contributed by atoms with E-state index in [4.69, 9.17) is 23.2 Å². The highest BCUT2D eigenvalue weighted by Gasteiger charge is 2.11. The molecule has 0 unspecified atom stereocenters. The second kappa shape index (κ2) is 7.63. The van der Waals surface area contributed by atoms with Crippen LogP contribution in [0.3, 0.4) is 0 Å². The van der Waals surface area contributed by atoms with Crippen molar-refractivity contribution < 1.29 is 13.6 Å². The summed E-state index contributed by atoms with van der Waals surface area (Å²) in [6.07, 6.45) is 2.58. The first-order valence-electron chi connectivity index (χ1n) is 7.23. The molecule has 1 amide bonds. The Morgan fingerprint density at radius 3 is 2.42 bits per heavy atom. The molecule has 0 fully saturated rings. The van der Waals surface area contributed by atoms with Crippen molar-refractivity contribution in [1.82, 2.24) is 9.97 Å². The number of rotatable bonds is 4. The topological polar surface area (TPSA) is 66.9 Å². The van der Waals surface area contributed by atoms with Crippen LogP contribution in [-0.4, -0.2) is 15.9 Å². The van der Waals surface area contributed by atoms with Crippen LogP contribution in [0.25, 0.3) is 0 Å². The standard InChI is InChI=1S/C17H10Cl2F2N4O/c18-9-1-4-14(11(19)5-9)25-16-8-22-15(7-23-16)17(26)24-10-2-3-12(20)13(21)6-10/h1-8H,(H,23,25)(H,24,26). The lowest BCUT2D eigenvalue weighted by molar-refractivity contribution is 0.102. The zero-order valence-electron chi connectivity index (χ0n) is 12.9. The van der Waals surface area contributed by atoms with E-state index in [1.807, 2.05) is 0 Å². The highest BCUT2D eigenvalue weighted by Crippen LogP contribution is 2.27. The smallest absolute Gasteiger partial charge is 0.275 e. The van der Waals surface area contributed by atoms with E-state index in [9.17, 15) is 13.6 Å². The van der Waals surface area contributed by atoms with Crippen LogP contribution in [0.4, 0.5) is 26.0 Å². The third-order valence-corrected chi connectivity index (χ3v) is 3.80. The van der Waals surface area contributed by atoms with Crippen LogP contribution in [0, 0.1) is 11.6 Å². The van der Waals surface area contributed by atoms with E-state index in [-0.39, 0.29) is 11.4 Å². The highest BCUT2D eigenvalue weighted by molar-refractivity contribution is 6.36. The number of hydrogen-bond donors (Lipinski definition) is 2. The van der Waals surface area contributed by atoms with Gasteiger partial charge in [0.1, 0.15) is 11.5 Å². The number of hydrogen-bond acceptors (Lipinski definition) is 4. The monoisotopic (exact) mass is 394 g/mol. The molecule has 1 aromatic heterocycles. The number of amides is 1. The van der Waals surface area contributed by atoms with Gasteiger partial charge in [-0.3, -0.25) is 4.79 Å². The number of benzene rings is 2. The van der Waals surface area contributed by atoms with Gasteiger partial charge in [0, 0.05) is 16.8 Å². The summed E-state index contributed by atoms with van der Waals surface area (Å²) < 4.78 is 26.1. The number of carbonyl (C=O) groups excluding carboxylic acids is 1. The van der Waals surface area contributed by atoms with Crippen LogP contribution in [0.5, 0.6) is 0 Å². The Kier molecular flexibility index (Phi) is 5.29. The molecule has 0 aliphatic rings. The molecular weight excluding hydrogens is 385 g/mol. The Balaban J connectivity index is 1.70. The molecular formula is C17H10Cl2F2N4O. The molecule has 1 heterocycles. The van der Waals surface area contributed by atoms with Crippen molar-refractivity contribution in [2.45, 2.75) is 0 Å². The Hall–Kier alpha value is -2.77. The van der Waals surface area contributed by atoms with Gasteiger partial charge in [-0.1, -0.05) is 23.2 Å². The fourth-order valence-corrected chi connectivity index (χ4v) is 2.46. The van der Waals surface area contributed by atoms with E-state index >= 15 is 0 Å². The molecule has 2 N–H and O–H groups in total. The van der Waals surface area contributed by atoms with E-state index in [0.29, 0.717) is 21.6 Å². The summed E-state index contributed by atoms with van der Waals surface area (Å²) in [6, 6.07) is 7.94. The molecule has 132 valence electrons. The van der Waals surface area contributed by atoms with Gasteiger partial charge in [-0.15, -0.1) is 0 Å². The van der Waals surface area contributed by atoms with E-state index in [2.05, 4.69) is 20.6 Å². The summed E-state index contributed by atoms with van der Waals surface area (Å²) in [4.78, 5) is 20.1. The quantitative estimate of drug-likeness (QED) is 0.648. The molecule has 0 atom stereocenters. The van der Waals surface area contributed by atoms with Crippen LogP contribution in [0.2, 0.25) is 10.0 Å². The van der Waals surface area contributed by atoms with Crippen molar-refractivity contribution in [1.29, 1.82) is 0 Å². The average Bonchev–Trinajstić information content (AvgIpc) is 2.61. The fourth-order valence-electron chi connectivity index (χ4n) is 2.01. The van der Waals surface area contributed by atoms with Crippen molar-refractivity contribution in [2.75, 3.05) is 10.6 Å². The second-order valence-corrected chi connectivity index (χ2v) is 5.96. The maximum atomic E-state index is 13.2. The summed E-state index contributed by atoms with van der Waals surface area (Å²) in [5.74, 6) is -2.31. The van der Waals surface area contributed by atoms with E-state index in [0.717, 1.165) is 12.1 Å². The van der Waals surface area contributed by atoms with Crippen molar-refractivity contribution in [3.8, 4) is 0 Å². The van der Waals surface area contributed by atoms with Gasteiger partial charge >= 0.3 is 0 Å². The normalized spacial score (nSPS) is 10.5. The molecule has 0 radical (unpaired) electrons. The lowest BCUT2D eigenvalue weighted by atomic mass is 10.3. The van der Waals surface area contributed by atoms with Gasteiger partial charge in [0.05, 0.1) is 23.1 Å². The minimum Gasteiger partial charge on any atom is -0.338 e. The summed E-state index contributed by atoms with van der Waals surface area (Å²) in [7, 11) is 0. The zero-order valence-corrected chi connectivity index (χ0v) is 14.4. The van der Waals surface area contributed by atoms with Crippen molar-refractivity contribution in [3.63, 3.8) is 0 Å². The Labute approximate surface area is 157 Å². The minimum absolute atomic E-state index is 0.00230. The molecule has 3 aromatic rings. The Bertz CT molecular complexity index is 967. The molecule has 0 aliphatic heterocycles. The average molecular weight is 395 g/mol.